The van der Waals surface area contributed by atoms with Gasteiger partial charge in [0.1, 0.15) is 0 Å². The Labute approximate surface area is 248 Å². The zero-order chi connectivity index (χ0) is 27.9. The van der Waals surface area contributed by atoms with Crippen molar-refractivity contribution >= 4 is 34.3 Å². The number of unbranched alkanes of at least 4 members (excludes halogenated alkanes) is 3. The number of nitrogens with zero attached hydrogens (tertiary/aromatic N) is 2. The molecule has 0 spiro atoms. The average Bonchev–Trinajstić information content (AvgIpc) is 3.47. The summed E-state index contributed by atoms with van der Waals surface area (Å²) in [5.41, 5.74) is 13.0. The molecule has 41 heavy (non-hydrogen) atoms. The van der Waals surface area contributed by atoms with Gasteiger partial charge in [-0.25, -0.2) is 0 Å². The molecule has 5 heterocycles. The molecule has 0 N–H and O–H groups in total. The maximum absolute atomic E-state index is 2.50. The minimum Gasteiger partial charge on any atom is -0.198 e. The Morgan fingerprint density at radius 2 is 1.56 bits per heavy atom. The van der Waals surface area contributed by atoms with Crippen molar-refractivity contribution in [3.05, 3.63) is 105 Å². The lowest BCUT2D eigenvalue weighted by Gasteiger charge is -2.27. The first-order valence-corrected chi connectivity index (χ1v) is 16.3. The van der Waals surface area contributed by atoms with Crippen molar-refractivity contribution in [2.24, 2.45) is 0 Å². The third kappa shape index (κ3) is 4.75. The predicted octanol–water partition coefficient (Wildman–Crippen LogP) is 8.83. The molecule has 0 bridgehead atoms. The van der Waals surface area contributed by atoms with Gasteiger partial charge in [-0.2, -0.15) is 9.13 Å². The Bertz CT molecular complexity index is 1810. The Hall–Kier alpha value is -3.56. The van der Waals surface area contributed by atoms with Gasteiger partial charge in [-0.05, 0) is 84.2 Å². The van der Waals surface area contributed by atoms with Crippen molar-refractivity contribution < 1.29 is 9.13 Å². The van der Waals surface area contributed by atoms with Crippen LogP contribution in [-0.4, -0.2) is 0 Å². The molecular formula is C38H40N2S+2. The molecule has 0 fully saturated rings. The molecule has 5 aromatic rings. The quantitative estimate of drug-likeness (QED) is 0.140. The summed E-state index contributed by atoms with van der Waals surface area (Å²) in [6.07, 6.45) is 17.9. The summed E-state index contributed by atoms with van der Waals surface area (Å²) in [4.78, 5) is 2.86. The van der Waals surface area contributed by atoms with Crippen LogP contribution in [0.25, 0.3) is 45.4 Å². The SMILES string of the molecule is CCCCCCc1ccc(C=Cc2cc[n+]3c(c2)-c2c(c(C)c(C)c4c2-c2c5ccccc5cc[n+]2CC4)CC3)s1. The molecule has 2 nitrogen and oxygen atoms in total. The number of pyridine rings is 2. The van der Waals surface area contributed by atoms with Crippen LogP contribution in [0, 0.1) is 13.8 Å². The minimum atomic E-state index is 1.03. The fourth-order valence-electron chi connectivity index (χ4n) is 7.07. The highest BCUT2D eigenvalue weighted by Crippen LogP contribution is 2.44. The Balaban J connectivity index is 1.32. The van der Waals surface area contributed by atoms with E-state index in [9.17, 15) is 0 Å². The Morgan fingerprint density at radius 1 is 0.780 bits per heavy atom. The van der Waals surface area contributed by atoms with Gasteiger partial charge in [0.05, 0.1) is 16.5 Å². The van der Waals surface area contributed by atoms with Crippen LogP contribution in [0.1, 0.15) is 70.2 Å². The van der Waals surface area contributed by atoms with Crippen molar-refractivity contribution in [3.8, 4) is 22.5 Å². The van der Waals surface area contributed by atoms with Gasteiger partial charge in [0.2, 0.25) is 11.4 Å². The van der Waals surface area contributed by atoms with Gasteiger partial charge < -0.3 is 0 Å². The lowest BCUT2D eigenvalue weighted by atomic mass is 9.79. The van der Waals surface area contributed by atoms with Crippen molar-refractivity contribution in [2.45, 2.75) is 78.8 Å². The van der Waals surface area contributed by atoms with E-state index in [-0.39, 0.29) is 0 Å². The molecule has 3 heteroatoms. The van der Waals surface area contributed by atoms with Gasteiger partial charge in [-0.3, -0.25) is 0 Å². The second kappa shape index (κ2) is 11.0. The standard InChI is InChI=1S/C38H40N2S/c1-4-5-6-7-11-30-15-16-31(41-30)14-13-28-17-21-39-23-19-32-26(2)27(3)33-20-24-40-22-18-29-10-8-9-12-34(29)38(40)37(33)36(32)35(39)25-28/h8-10,12-18,21-22,25H,4-7,11,19-20,23-24H2,1-3H3/q+2. The fraction of sp³-hybridized carbons (Fsp3) is 0.316. The number of hydrogen-bond donors (Lipinski definition) is 0. The van der Waals surface area contributed by atoms with E-state index in [0.29, 0.717) is 0 Å². The van der Waals surface area contributed by atoms with Crippen LogP contribution in [-0.2, 0) is 32.4 Å². The minimum absolute atomic E-state index is 1.03. The van der Waals surface area contributed by atoms with Gasteiger partial charge in [0.15, 0.2) is 25.5 Å². The molecule has 206 valence electrons. The molecule has 0 saturated carbocycles. The van der Waals surface area contributed by atoms with Gasteiger partial charge >= 0.3 is 0 Å². The second-order valence-corrected chi connectivity index (χ2v) is 13.1. The molecule has 3 aromatic heterocycles. The van der Waals surface area contributed by atoms with Gasteiger partial charge in [-0.1, -0.05) is 50.5 Å². The zero-order valence-electron chi connectivity index (χ0n) is 24.7. The molecule has 0 atom stereocenters. The molecule has 0 aliphatic carbocycles. The van der Waals surface area contributed by atoms with Gasteiger partial charge in [0, 0.05) is 40.8 Å². The van der Waals surface area contributed by atoms with E-state index < -0.39 is 0 Å². The lowest BCUT2D eigenvalue weighted by Crippen LogP contribution is -2.43. The number of aryl methyl sites for hydroxylation is 3. The fourth-order valence-corrected chi connectivity index (χ4v) is 8.02. The third-order valence-corrected chi connectivity index (χ3v) is 10.5. The normalized spacial score (nSPS) is 13.7. The highest BCUT2D eigenvalue weighted by atomic mass is 32.1. The summed E-state index contributed by atoms with van der Waals surface area (Å²) in [5.74, 6) is 0. The summed E-state index contributed by atoms with van der Waals surface area (Å²) in [6.45, 7) is 9.07. The van der Waals surface area contributed by atoms with Gasteiger partial charge in [-0.15, -0.1) is 11.3 Å². The first-order chi connectivity index (χ1) is 20.1. The molecule has 0 amide bonds. The van der Waals surface area contributed by atoms with E-state index >= 15 is 0 Å². The molecule has 0 radical (unpaired) electrons. The summed E-state index contributed by atoms with van der Waals surface area (Å²) in [6, 6.07) is 20.5. The number of benzene rings is 2. The summed E-state index contributed by atoms with van der Waals surface area (Å²) < 4.78 is 4.98. The second-order valence-electron chi connectivity index (χ2n) is 11.9. The summed E-state index contributed by atoms with van der Waals surface area (Å²) >= 11 is 1.95. The number of aromatic nitrogens is 2. The van der Waals surface area contributed by atoms with Crippen molar-refractivity contribution in [1.29, 1.82) is 0 Å². The molecule has 0 saturated heterocycles. The maximum atomic E-state index is 2.50. The van der Waals surface area contributed by atoms with E-state index in [2.05, 4.69) is 109 Å². The number of fused-ring (bicyclic) bond motifs is 9. The van der Waals surface area contributed by atoms with Gasteiger partial charge in [0.25, 0.3) is 0 Å². The van der Waals surface area contributed by atoms with E-state index in [1.807, 2.05) is 11.3 Å². The maximum Gasteiger partial charge on any atom is 0.221 e. The zero-order valence-corrected chi connectivity index (χ0v) is 25.5. The molecule has 2 aliphatic heterocycles. The Morgan fingerprint density at radius 3 is 2.41 bits per heavy atom. The summed E-state index contributed by atoms with van der Waals surface area (Å²) in [7, 11) is 0. The van der Waals surface area contributed by atoms with E-state index in [1.54, 1.807) is 0 Å². The van der Waals surface area contributed by atoms with E-state index in [4.69, 9.17) is 0 Å². The van der Waals surface area contributed by atoms with Crippen LogP contribution in [0.15, 0.2) is 67.0 Å². The smallest absolute Gasteiger partial charge is 0.198 e. The topological polar surface area (TPSA) is 7.76 Å². The monoisotopic (exact) mass is 556 g/mol. The number of hydrogen-bond acceptors (Lipinski definition) is 1. The van der Waals surface area contributed by atoms with Crippen LogP contribution in [0.2, 0.25) is 0 Å². The number of thiophene rings is 1. The largest absolute Gasteiger partial charge is 0.221 e. The highest BCUT2D eigenvalue weighted by molar-refractivity contribution is 7.12. The molecule has 7 rings (SSSR count). The molecular weight excluding hydrogens is 516 g/mol. The average molecular weight is 557 g/mol. The lowest BCUT2D eigenvalue weighted by molar-refractivity contribution is -0.689. The van der Waals surface area contributed by atoms with Crippen LogP contribution in [0.4, 0.5) is 0 Å². The third-order valence-electron chi connectivity index (χ3n) is 9.42. The predicted molar refractivity (Wildman–Crippen MR) is 173 cm³/mol. The molecule has 2 aliphatic rings. The van der Waals surface area contributed by atoms with E-state index in [0.717, 1.165) is 25.9 Å². The van der Waals surface area contributed by atoms with Crippen molar-refractivity contribution in [3.63, 3.8) is 0 Å². The molecule has 0 unspecified atom stereocenters. The van der Waals surface area contributed by atoms with Crippen LogP contribution in [0.3, 0.4) is 0 Å². The first kappa shape index (κ1) is 26.3. The van der Waals surface area contributed by atoms with Crippen molar-refractivity contribution in [1.82, 2.24) is 0 Å². The Kier molecular flexibility index (Phi) is 7.08. The van der Waals surface area contributed by atoms with E-state index in [1.165, 1.54) is 103 Å². The molecule has 2 aromatic carbocycles. The van der Waals surface area contributed by atoms with Crippen LogP contribution in [0.5, 0.6) is 0 Å². The first-order valence-electron chi connectivity index (χ1n) is 15.5. The van der Waals surface area contributed by atoms with Crippen molar-refractivity contribution in [2.75, 3.05) is 0 Å². The van der Waals surface area contributed by atoms with Crippen LogP contribution < -0.4 is 9.13 Å². The number of rotatable bonds is 7. The highest BCUT2D eigenvalue weighted by Gasteiger charge is 2.37. The summed E-state index contributed by atoms with van der Waals surface area (Å²) in [5, 5.41) is 2.68. The van der Waals surface area contributed by atoms with Crippen LogP contribution >= 0.6 is 11.3 Å².